The van der Waals surface area contributed by atoms with E-state index in [2.05, 4.69) is 52.7 Å². The molecule has 130 valence electrons. The third-order valence-corrected chi connectivity index (χ3v) is 6.28. The van der Waals surface area contributed by atoms with E-state index in [1.165, 1.54) is 16.9 Å². The van der Waals surface area contributed by atoms with E-state index in [0.717, 1.165) is 44.7 Å². The van der Waals surface area contributed by atoms with Gasteiger partial charge in [-0.05, 0) is 35.8 Å². The second-order valence-corrected chi connectivity index (χ2v) is 8.14. The molecule has 2 aromatic rings. The molecule has 0 N–H and O–H groups in total. The molecule has 2 aliphatic rings. The molecule has 1 aliphatic heterocycles. The first-order valence-electron chi connectivity index (χ1n) is 9.17. The van der Waals surface area contributed by atoms with Crippen LogP contribution in [0.15, 0.2) is 52.8 Å². The Balaban J connectivity index is 1.54. The summed E-state index contributed by atoms with van der Waals surface area (Å²) in [5.74, 6) is 2.37. The number of carbonyl (C=O) groups excluding carboxylic acids is 1. The zero-order chi connectivity index (χ0) is 17.1. The van der Waals surface area contributed by atoms with Gasteiger partial charge in [-0.1, -0.05) is 36.4 Å². The molecule has 1 saturated heterocycles. The highest BCUT2D eigenvalue weighted by molar-refractivity contribution is 7.09. The maximum Gasteiger partial charge on any atom is 0.138 e. The van der Waals surface area contributed by atoms with Crippen molar-refractivity contribution in [2.75, 3.05) is 13.1 Å². The predicted octanol–water partition coefficient (Wildman–Crippen LogP) is 4.19. The molecule has 1 aliphatic carbocycles. The van der Waals surface area contributed by atoms with Gasteiger partial charge >= 0.3 is 0 Å². The fraction of sp³-hybridized carbons (Fsp3) is 0.429. The number of nitrogens with zero attached hydrogens (tertiary/aromatic N) is 2. The van der Waals surface area contributed by atoms with Gasteiger partial charge in [0.05, 0.1) is 6.54 Å². The molecular formula is C21H24N2OS. The minimum Gasteiger partial charge on any atom is -0.359 e. The lowest BCUT2D eigenvalue weighted by molar-refractivity contribution is -0.125. The number of Topliss-reactive ketones (excluding diaryl/α,β-unsaturated/α-hetero) is 1. The SMILES string of the molecule is O=C1CCCC2CN(C(Cc3ccccc3)=NCc3cccs3)CC12. The maximum absolute atomic E-state index is 12.3. The summed E-state index contributed by atoms with van der Waals surface area (Å²) in [5.41, 5.74) is 1.29. The number of rotatable bonds is 4. The van der Waals surface area contributed by atoms with Gasteiger partial charge in [0.1, 0.15) is 11.6 Å². The van der Waals surface area contributed by atoms with Crippen molar-refractivity contribution in [2.24, 2.45) is 16.8 Å². The summed E-state index contributed by atoms with van der Waals surface area (Å²) in [4.78, 5) is 20.9. The van der Waals surface area contributed by atoms with Gasteiger partial charge in [0, 0.05) is 36.7 Å². The lowest BCUT2D eigenvalue weighted by Gasteiger charge is -2.21. The molecule has 2 atom stereocenters. The molecule has 0 bridgehead atoms. The van der Waals surface area contributed by atoms with Crippen molar-refractivity contribution in [1.29, 1.82) is 0 Å². The third kappa shape index (κ3) is 3.84. The Morgan fingerprint density at radius 2 is 2.04 bits per heavy atom. The second kappa shape index (κ2) is 7.52. The molecule has 3 nitrogen and oxygen atoms in total. The number of aliphatic imine (C=N–C) groups is 1. The van der Waals surface area contributed by atoms with Crippen LogP contribution in [0.25, 0.3) is 0 Å². The van der Waals surface area contributed by atoms with Crippen molar-refractivity contribution in [2.45, 2.75) is 32.2 Å². The zero-order valence-corrected chi connectivity index (χ0v) is 15.3. The quantitative estimate of drug-likeness (QED) is 0.610. The Morgan fingerprint density at radius 1 is 1.16 bits per heavy atom. The first kappa shape index (κ1) is 16.5. The van der Waals surface area contributed by atoms with Gasteiger partial charge in [-0.25, -0.2) is 0 Å². The zero-order valence-electron chi connectivity index (χ0n) is 14.4. The highest BCUT2D eigenvalue weighted by Gasteiger charge is 2.40. The Labute approximate surface area is 153 Å². The summed E-state index contributed by atoms with van der Waals surface area (Å²) in [6, 6.07) is 14.8. The van der Waals surface area contributed by atoms with E-state index in [4.69, 9.17) is 4.99 Å². The Morgan fingerprint density at radius 3 is 2.80 bits per heavy atom. The largest absolute Gasteiger partial charge is 0.359 e. The van der Waals surface area contributed by atoms with Crippen LogP contribution < -0.4 is 0 Å². The molecule has 2 fully saturated rings. The van der Waals surface area contributed by atoms with Crippen LogP contribution in [0.3, 0.4) is 0 Å². The summed E-state index contributed by atoms with van der Waals surface area (Å²) in [6.07, 6.45) is 3.87. The number of benzene rings is 1. The molecule has 0 spiro atoms. The van der Waals surface area contributed by atoms with E-state index in [9.17, 15) is 4.79 Å². The van der Waals surface area contributed by atoms with Crippen LogP contribution in [0.4, 0.5) is 0 Å². The summed E-state index contributed by atoms with van der Waals surface area (Å²) < 4.78 is 0. The van der Waals surface area contributed by atoms with Crippen molar-refractivity contribution in [3.63, 3.8) is 0 Å². The van der Waals surface area contributed by atoms with E-state index >= 15 is 0 Å². The van der Waals surface area contributed by atoms with E-state index in [1.807, 2.05) is 0 Å². The lowest BCUT2D eigenvalue weighted by Crippen LogP contribution is -2.31. The second-order valence-electron chi connectivity index (χ2n) is 7.10. The van der Waals surface area contributed by atoms with Crippen molar-refractivity contribution in [3.8, 4) is 0 Å². The summed E-state index contributed by atoms with van der Waals surface area (Å²) in [7, 11) is 0. The van der Waals surface area contributed by atoms with Crippen LogP contribution in [-0.2, 0) is 17.8 Å². The normalized spacial score (nSPS) is 23.8. The highest BCUT2D eigenvalue weighted by atomic mass is 32.1. The number of carbonyl (C=O) groups is 1. The third-order valence-electron chi connectivity index (χ3n) is 5.42. The van der Waals surface area contributed by atoms with Gasteiger partial charge < -0.3 is 4.90 Å². The van der Waals surface area contributed by atoms with Crippen LogP contribution in [0.5, 0.6) is 0 Å². The van der Waals surface area contributed by atoms with E-state index < -0.39 is 0 Å². The Bertz CT molecular complexity index is 739. The van der Waals surface area contributed by atoms with Crippen LogP contribution in [0, 0.1) is 11.8 Å². The number of amidine groups is 1. The molecule has 1 aromatic carbocycles. The number of thiophene rings is 1. The van der Waals surface area contributed by atoms with Crippen LogP contribution in [0.1, 0.15) is 29.7 Å². The highest BCUT2D eigenvalue weighted by Crippen LogP contribution is 2.34. The molecule has 1 saturated carbocycles. The Kier molecular flexibility index (Phi) is 4.97. The molecule has 4 heteroatoms. The molecular weight excluding hydrogens is 328 g/mol. The number of fused-ring (bicyclic) bond motifs is 1. The molecule has 1 aromatic heterocycles. The summed E-state index contributed by atoms with van der Waals surface area (Å²) in [5, 5.41) is 2.10. The van der Waals surface area contributed by atoms with Gasteiger partial charge in [-0.3, -0.25) is 9.79 Å². The van der Waals surface area contributed by atoms with Crippen LogP contribution in [0.2, 0.25) is 0 Å². The summed E-state index contributed by atoms with van der Waals surface area (Å²) >= 11 is 1.75. The Hall–Kier alpha value is -1.94. The maximum atomic E-state index is 12.3. The smallest absolute Gasteiger partial charge is 0.138 e. The van der Waals surface area contributed by atoms with E-state index in [0.29, 0.717) is 11.7 Å². The van der Waals surface area contributed by atoms with Crippen LogP contribution in [-0.4, -0.2) is 29.6 Å². The molecule has 0 amide bonds. The van der Waals surface area contributed by atoms with Crippen molar-refractivity contribution < 1.29 is 4.79 Å². The number of hydrogen-bond acceptors (Lipinski definition) is 3. The van der Waals surface area contributed by atoms with Crippen molar-refractivity contribution in [1.82, 2.24) is 4.90 Å². The number of likely N-dealkylation sites (tertiary alicyclic amines) is 1. The fourth-order valence-corrected chi connectivity index (χ4v) is 4.71. The summed E-state index contributed by atoms with van der Waals surface area (Å²) in [6.45, 7) is 2.59. The van der Waals surface area contributed by atoms with Crippen LogP contribution >= 0.6 is 11.3 Å². The molecule has 2 unspecified atom stereocenters. The standard InChI is InChI=1S/C21H24N2OS/c24-20-10-4-8-17-14-23(15-19(17)20)21(12-16-6-2-1-3-7-16)22-13-18-9-5-11-25-18/h1-3,5-7,9,11,17,19H,4,8,10,12-15H2. The van der Waals surface area contributed by atoms with Crippen molar-refractivity contribution >= 4 is 23.0 Å². The minimum atomic E-state index is 0.233. The topological polar surface area (TPSA) is 32.7 Å². The number of ketones is 1. The molecule has 25 heavy (non-hydrogen) atoms. The average molecular weight is 353 g/mol. The minimum absolute atomic E-state index is 0.233. The van der Waals surface area contributed by atoms with Gasteiger partial charge in [0.25, 0.3) is 0 Å². The number of hydrogen-bond donors (Lipinski definition) is 0. The van der Waals surface area contributed by atoms with Gasteiger partial charge in [0.2, 0.25) is 0 Å². The monoisotopic (exact) mass is 352 g/mol. The first-order valence-corrected chi connectivity index (χ1v) is 10.0. The molecule has 2 heterocycles. The van der Waals surface area contributed by atoms with Gasteiger partial charge in [-0.15, -0.1) is 11.3 Å². The van der Waals surface area contributed by atoms with Crippen molar-refractivity contribution in [3.05, 3.63) is 58.3 Å². The van der Waals surface area contributed by atoms with Gasteiger partial charge in [0.15, 0.2) is 0 Å². The fourth-order valence-electron chi connectivity index (χ4n) is 4.08. The van der Waals surface area contributed by atoms with Gasteiger partial charge in [-0.2, -0.15) is 0 Å². The predicted molar refractivity (Wildman–Crippen MR) is 103 cm³/mol. The van der Waals surface area contributed by atoms with E-state index in [1.54, 1.807) is 11.3 Å². The average Bonchev–Trinajstić information content (AvgIpc) is 3.30. The van der Waals surface area contributed by atoms with E-state index in [-0.39, 0.29) is 5.92 Å². The molecule has 4 rings (SSSR count). The first-order chi connectivity index (χ1) is 12.3. The lowest BCUT2D eigenvalue weighted by atomic mass is 9.81. The molecule has 0 radical (unpaired) electrons.